The monoisotopic (exact) mass is 273 g/mol. The highest BCUT2D eigenvalue weighted by atomic mass is 79.9. The smallest absolute Gasteiger partial charge is 0.255 e. The first-order valence-electron chi connectivity index (χ1n) is 4.45. The number of nitrogens with one attached hydrogen (secondary N) is 1. The third-order valence-corrected chi connectivity index (χ3v) is 2.26. The van der Waals surface area contributed by atoms with E-state index in [1.165, 1.54) is 12.1 Å². The Kier molecular flexibility index (Phi) is 4.11. The second kappa shape index (κ2) is 5.14. The Morgan fingerprint density at radius 3 is 2.80 bits per heavy atom. The van der Waals surface area contributed by atoms with Crippen LogP contribution in [0.1, 0.15) is 17.3 Å². The lowest BCUT2D eigenvalue weighted by Gasteiger charge is -2.08. The van der Waals surface area contributed by atoms with Crippen molar-refractivity contribution >= 4 is 21.8 Å². The number of aliphatic hydroxyl groups is 1. The Labute approximate surface area is 96.1 Å². The third kappa shape index (κ3) is 3.53. The summed E-state index contributed by atoms with van der Waals surface area (Å²) in [4.78, 5) is 11.5. The van der Waals surface area contributed by atoms with Crippen LogP contribution in [0.2, 0.25) is 0 Å². The van der Waals surface area contributed by atoms with Crippen LogP contribution in [-0.4, -0.2) is 28.8 Å². The summed E-state index contributed by atoms with van der Waals surface area (Å²) in [6, 6.07) is 4.62. The molecule has 0 heterocycles. The average molecular weight is 274 g/mol. The van der Waals surface area contributed by atoms with E-state index in [1.54, 1.807) is 13.0 Å². The number of aliphatic hydroxyl groups excluding tert-OH is 1. The van der Waals surface area contributed by atoms with Crippen LogP contribution in [0.5, 0.6) is 5.75 Å². The first-order chi connectivity index (χ1) is 7.00. The molecule has 1 aromatic rings. The van der Waals surface area contributed by atoms with Gasteiger partial charge in [-0.05, 0) is 25.1 Å². The van der Waals surface area contributed by atoms with Gasteiger partial charge in [-0.15, -0.1) is 0 Å². The Morgan fingerprint density at radius 1 is 1.60 bits per heavy atom. The van der Waals surface area contributed by atoms with Crippen molar-refractivity contribution in [2.75, 3.05) is 6.54 Å². The minimum Gasteiger partial charge on any atom is -0.507 e. The van der Waals surface area contributed by atoms with Gasteiger partial charge in [0.1, 0.15) is 5.75 Å². The lowest BCUT2D eigenvalue weighted by Crippen LogP contribution is -2.30. The predicted molar refractivity (Wildman–Crippen MR) is 59.8 cm³/mol. The molecule has 1 atom stereocenters. The predicted octanol–water partition coefficient (Wildman–Crippen LogP) is 1.27. The van der Waals surface area contributed by atoms with E-state index >= 15 is 0 Å². The number of hydrogen-bond acceptors (Lipinski definition) is 3. The average Bonchev–Trinajstić information content (AvgIpc) is 2.14. The van der Waals surface area contributed by atoms with Gasteiger partial charge in [0.15, 0.2) is 0 Å². The number of rotatable bonds is 3. The minimum atomic E-state index is -0.605. The highest BCUT2D eigenvalue weighted by molar-refractivity contribution is 9.10. The van der Waals surface area contributed by atoms with Crippen molar-refractivity contribution in [1.29, 1.82) is 0 Å². The molecular weight excluding hydrogens is 262 g/mol. The van der Waals surface area contributed by atoms with E-state index < -0.39 is 12.0 Å². The highest BCUT2D eigenvalue weighted by Crippen LogP contribution is 2.21. The van der Waals surface area contributed by atoms with Gasteiger partial charge in [-0.25, -0.2) is 0 Å². The molecule has 15 heavy (non-hydrogen) atoms. The zero-order chi connectivity index (χ0) is 11.4. The molecule has 4 nitrogen and oxygen atoms in total. The molecule has 1 amide bonds. The number of halogens is 1. The van der Waals surface area contributed by atoms with Crippen LogP contribution < -0.4 is 5.32 Å². The van der Waals surface area contributed by atoms with Crippen molar-refractivity contribution in [3.63, 3.8) is 0 Å². The summed E-state index contributed by atoms with van der Waals surface area (Å²) in [7, 11) is 0. The fourth-order valence-corrected chi connectivity index (χ4v) is 1.38. The Morgan fingerprint density at radius 2 is 2.27 bits per heavy atom. The Balaban J connectivity index is 2.74. The zero-order valence-electron chi connectivity index (χ0n) is 8.20. The number of aromatic hydroxyl groups is 1. The van der Waals surface area contributed by atoms with Gasteiger partial charge in [0.2, 0.25) is 0 Å². The SMILES string of the molecule is CC(O)CNC(=O)c1ccc(Br)cc1O. The number of phenolic OH excluding ortho intramolecular Hbond substituents is 1. The van der Waals surface area contributed by atoms with Crippen LogP contribution in [0.4, 0.5) is 0 Å². The van der Waals surface area contributed by atoms with Gasteiger partial charge in [0.25, 0.3) is 5.91 Å². The van der Waals surface area contributed by atoms with E-state index in [2.05, 4.69) is 21.2 Å². The Hall–Kier alpha value is -1.07. The van der Waals surface area contributed by atoms with Crippen molar-refractivity contribution in [1.82, 2.24) is 5.32 Å². The summed E-state index contributed by atoms with van der Waals surface area (Å²) >= 11 is 3.18. The van der Waals surface area contributed by atoms with Crippen LogP contribution in [0, 0.1) is 0 Å². The Bertz CT molecular complexity index is 366. The lowest BCUT2D eigenvalue weighted by molar-refractivity contribution is 0.0921. The van der Waals surface area contributed by atoms with Gasteiger partial charge in [-0.2, -0.15) is 0 Å². The number of carbonyl (C=O) groups is 1. The number of phenols is 1. The molecular formula is C10H12BrNO3. The van der Waals surface area contributed by atoms with Crippen molar-refractivity contribution in [2.45, 2.75) is 13.0 Å². The summed E-state index contributed by atoms with van der Waals surface area (Å²) in [6.45, 7) is 1.73. The topological polar surface area (TPSA) is 69.6 Å². The molecule has 0 radical (unpaired) electrons. The molecule has 0 bridgehead atoms. The van der Waals surface area contributed by atoms with Crippen LogP contribution in [0.3, 0.4) is 0 Å². The van der Waals surface area contributed by atoms with Crippen molar-refractivity contribution in [3.8, 4) is 5.75 Å². The third-order valence-electron chi connectivity index (χ3n) is 1.76. The van der Waals surface area contributed by atoms with Gasteiger partial charge in [0.05, 0.1) is 11.7 Å². The highest BCUT2D eigenvalue weighted by Gasteiger charge is 2.11. The van der Waals surface area contributed by atoms with E-state index in [9.17, 15) is 9.90 Å². The summed E-state index contributed by atoms with van der Waals surface area (Å²) in [5.74, 6) is -0.492. The van der Waals surface area contributed by atoms with E-state index in [0.717, 1.165) is 0 Å². The molecule has 0 fully saturated rings. The van der Waals surface area contributed by atoms with Crippen molar-refractivity contribution in [2.24, 2.45) is 0 Å². The fourth-order valence-electron chi connectivity index (χ4n) is 1.03. The van der Waals surface area contributed by atoms with Gasteiger partial charge in [0, 0.05) is 11.0 Å². The molecule has 5 heteroatoms. The summed E-state index contributed by atoms with van der Waals surface area (Å²) < 4.78 is 0.701. The molecule has 1 unspecified atom stereocenters. The fraction of sp³-hybridized carbons (Fsp3) is 0.300. The summed E-state index contributed by atoms with van der Waals surface area (Å²) in [5, 5.41) is 20.9. The molecule has 0 aromatic heterocycles. The molecule has 1 aromatic carbocycles. The lowest BCUT2D eigenvalue weighted by atomic mass is 10.2. The minimum absolute atomic E-state index is 0.0903. The normalized spacial score (nSPS) is 12.2. The number of benzene rings is 1. The molecule has 1 rings (SSSR count). The zero-order valence-corrected chi connectivity index (χ0v) is 9.78. The maximum atomic E-state index is 11.5. The molecule has 3 N–H and O–H groups in total. The number of carbonyl (C=O) groups excluding carboxylic acids is 1. The van der Waals surface area contributed by atoms with Crippen molar-refractivity contribution in [3.05, 3.63) is 28.2 Å². The number of hydrogen-bond donors (Lipinski definition) is 3. The molecule has 82 valence electrons. The van der Waals surface area contributed by atoms with Crippen molar-refractivity contribution < 1.29 is 15.0 Å². The second-order valence-electron chi connectivity index (χ2n) is 3.22. The van der Waals surface area contributed by atoms with Crippen LogP contribution in [0.15, 0.2) is 22.7 Å². The quantitative estimate of drug-likeness (QED) is 0.777. The van der Waals surface area contributed by atoms with Gasteiger partial charge in [-0.1, -0.05) is 15.9 Å². The van der Waals surface area contributed by atoms with Gasteiger partial charge < -0.3 is 15.5 Å². The van der Waals surface area contributed by atoms with Crippen LogP contribution in [0.25, 0.3) is 0 Å². The second-order valence-corrected chi connectivity index (χ2v) is 4.14. The standard InChI is InChI=1S/C10H12BrNO3/c1-6(13)5-12-10(15)8-3-2-7(11)4-9(8)14/h2-4,6,13-14H,5H2,1H3,(H,12,15). The molecule has 0 spiro atoms. The van der Waals surface area contributed by atoms with E-state index in [1.807, 2.05) is 0 Å². The maximum Gasteiger partial charge on any atom is 0.255 e. The van der Waals surface area contributed by atoms with E-state index in [-0.39, 0.29) is 17.9 Å². The van der Waals surface area contributed by atoms with Gasteiger partial charge in [-0.3, -0.25) is 4.79 Å². The van der Waals surface area contributed by atoms with Crippen LogP contribution >= 0.6 is 15.9 Å². The first-order valence-corrected chi connectivity index (χ1v) is 5.25. The molecule has 0 aliphatic heterocycles. The summed E-state index contributed by atoms with van der Waals surface area (Å²) in [5.41, 5.74) is 0.193. The van der Waals surface area contributed by atoms with Crippen LogP contribution in [-0.2, 0) is 0 Å². The van der Waals surface area contributed by atoms with Gasteiger partial charge >= 0.3 is 0 Å². The first kappa shape index (κ1) is 12.0. The van der Waals surface area contributed by atoms with E-state index in [4.69, 9.17) is 5.11 Å². The largest absolute Gasteiger partial charge is 0.507 e. The molecule has 0 aliphatic rings. The molecule has 0 saturated carbocycles. The molecule has 0 saturated heterocycles. The van der Waals surface area contributed by atoms with E-state index in [0.29, 0.717) is 4.47 Å². The molecule has 0 aliphatic carbocycles. The maximum absolute atomic E-state index is 11.5. The summed E-state index contributed by atoms with van der Waals surface area (Å²) in [6.07, 6.45) is -0.605. The number of amides is 1.